The Kier molecular flexibility index (Phi) is 8.18. The molecule has 1 aromatic carbocycles. The molecule has 0 saturated heterocycles. The van der Waals surface area contributed by atoms with Crippen molar-refractivity contribution in [2.75, 3.05) is 6.61 Å². The average molecular weight is 557 g/mol. The van der Waals surface area contributed by atoms with Crippen molar-refractivity contribution in [1.29, 1.82) is 0 Å². The maximum atomic E-state index is 13.4. The fraction of sp³-hybridized carbons (Fsp3) is 0.296. The molecule has 0 fully saturated rings. The van der Waals surface area contributed by atoms with Crippen molar-refractivity contribution in [2.45, 2.75) is 40.3 Å². The van der Waals surface area contributed by atoms with Crippen LogP contribution in [0, 0.1) is 5.92 Å². The second kappa shape index (κ2) is 11.4. The number of amides is 1. The molecular weight excluding hydrogens is 531 g/mol. The first-order valence-electron chi connectivity index (χ1n) is 12.0. The zero-order valence-electron chi connectivity index (χ0n) is 21.3. The van der Waals surface area contributed by atoms with Crippen LogP contribution < -0.4 is 15.8 Å². The molecule has 0 aliphatic rings. The van der Waals surface area contributed by atoms with Gasteiger partial charge in [-0.3, -0.25) is 14.0 Å². The van der Waals surface area contributed by atoms with E-state index in [1.807, 2.05) is 13.8 Å². The first-order chi connectivity index (χ1) is 18.1. The zero-order chi connectivity index (χ0) is 27.6. The molecule has 0 spiro atoms. The Morgan fingerprint density at radius 2 is 1.87 bits per heavy atom. The second-order valence-corrected chi connectivity index (χ2v) is 9.82. The molecule has 3 heterocycles. The summed E-state index contributed by atoms with van der Waals surface area (Å²) >= 11 is 12.1. The van der Waals surface area contributed by atoms with E-state index in [-0.39, 0.29) is 45.3 Å². The maximum absolute atomic E-state index is 13.4. The van der Waals surface area contributed by atoms with Crippen LogP contribution in [0.4, 0.5) is 0 Å². The van der Waals surface area contributed by atoms with E-state index in [9.17, 15) is 14.4 Å². The van der Waals surface area contributed by atoms with Gasteiger partial charge in [0.2, 0.25) is 0 Å². The number of pyridine rings is 2. The van der Waals surface area contributed by atoms with Crippen LogP contribution in [0.5, 0.6) is 5.75 Å². The number of nitrogens with zero attached hydrogens (tertiary/aromatic N) is 4. The molecule has 0 bridgehead atoms. The van der Waals surface area contributed by atoms with Gasteiger partial charge in [0.25, 0.3) is 11.5 Å². The first kappa shape index (κ1) is 27.3. The van der Waals surface area contributed by atoms with Gasteiger partial charge in [0.05, 0.1) is 17.0 Å². The minimum absolute atomic E-state index is 0.0273. The van der Waals surface area contributed by atoms with E-state index in [1.165, 1.54) is 23.5 Å². The third kappa shape index (κ3) is 5.58. The molecule has 9 nitrogen and oxygen atoms in total. The predicted octanol–water partition coefficient (Wildman–Crippen LogP) is 4.68. The molecule has 0 aliphatic heterocycles. The van der Waals surface area contributed by atoms with Crippen LogP contribution >= 0.6 is 23.2 Å². The Bertz CT molecular complexity index is 1680. The highest BCUT2D eigenvalue weighted by atomic mass is 35.5. The summed E-state index contributed by atoms with van der Waals surface area (Å²) in [4.78, 5) is 48.7. The van der Waals surface area contributed by atoms with Crippen molar-refractivity contribution in [3.8, 4) is 5.75 Å². The van der Waals surface area contributed by atoms with Crippen molar-refractivity contribution in [3.05, 3.63) is 80.1 Å². The molecule has 1 atom stereocenters. The largest absolute Gasteiger partial charge is 0.479 e. The molecule has 38 heavy (non-hydrogen) atoms. The summed E-state index contributed by atoms with van der Waals surface area (Å²) in [7, 11) is 0. The average Bonchev–Trinajstić information content (AvgIpc) is 2.87. The van der Waals surface area contributed by atoms with Crippen LogP contribution in [-0.4, -0.2) is 38.5 Å². The van der Waals surface area contributed by atoms with Crippen LogP contribution in [0.25, 0.3) is 16.7 Å². The molecule has 0 saturated carbocycles. The van der Waals surface area contributed by atoms with Crippen molar-refractivity contribution in [2.24, 2.45) is 10.9 Å². The van der Waals surface area contributed by atoms with Gasteiger partial charge in [-0.25, -0.2) is 9.78 Å². The minimum atomic E-state index is -1.05. The molecule has 4 aromatic rings. The summed E-state index contributed by atoms with van der Waals surface area (Å²) in [6, 6.07) is 11.2. The van der Waals surface area contributed by atoms with Gasteiger partial charge in [-0.15, -0.1) is 0 Å². The van der Waals surface area contributed by atoms with Gasteiger partial charge < -0.3 is 14.0 Å². The van der Waals surface area contributed by atoms with Crippen molar-refractivity contribution < 1.29 is 19.1 Å². The number of halogens is 2. The van der Waals surface area contributed by atoms with E-state index >= 15 is 0 Å². The van der Waals surface area contributed by atoms with Gasteiger partial charge in [-0.05, 0) is 56.2 Å². The van der Waals surface area contributed by atoms with E-state index in [2.05, 4.69) is 9.98 Å². The summed E-state index contributed by atoms with van der Waals surface area (Å²) in [6.07, 6.45) is 0.547. The Balaban J connectivity index is 1.97. The number of carbonyl (C=O) groups is 2. The van der Waals surface area contributed by atoms with Crippen LogP contribution in [0.15, 0.2) is 58.4 Å². The lowest BCUT2D eigenvalue weighted by Crippen LogP contribution is -2.35. The molecule has 0 N–H and O–H groups in total. The summed E-state index contributed by atoms with van der Waals surface area (Å²) in [5.41, 5.74) is 0.349. The Labute approximate surface area is 228 Å². The lowest BCUT2D eigenvalue weighted by atomic mass is 10.1. The van der Waals surface area contributed by atoms with Gasteiger partial charge >= 0.3 is 5.97 Å². The van der Waals surface area contributed by atoms with Crippen LogP contribution in [0.3, 0.4) is 0 Å². The first-order valence-corrected chi connectivity index (χ1v) is 12.8. The molecule has 0 radical (unpaired) electrons. The number of benzene rings is 1. The number of aromatic nitrogens is 3. The number of hydrogen-bond donors (Lipinski definition) is 0. The predicted molar refractivity (Wildman–Crippen MR) is 145 cm³/mol. The van der Waals surface area contributed by atoms with Gasteiger partial charge in [0.15, 0.2) is 11.6 Å². The SMILES string of the molecule is CCOC(=O)c1cc2c(=O)n3ccccc3nc2n(CC(C)C)c1=NC(=O)C(C)Oc1ccc(Cl)cc1Cl. The Morgan fingerprint density at radius 1 is 1.11 bits per heavy atom. The molecule has 3 aromatic heterocycles. The van der Waals surface area contributed by atoms with Crippen molar-refractivity contribution in [3.63, 3.8) is 0 Å². The second-order valence-electron chi connectivity index (χ2n) is 8.97. The normalized spacial score (nSPS) is 12.8. The van der Waals surface area contributed by atoms with E-state index < -0.39 is 18.0 Å². The zero-order valence-corrected chi connectivity index (χ0v) is 22.8. The lowest BCUT2D eigenvalue weighted by Gasteiger charge is -2.17. The van der Waals surface area contributed by atoms with Gasteiger partial charge in [-0.2, -0.15) is 4.99 Å². The standard InChI is InChI=1S/C27H26Cl2N4O5/c1-5-37-27(36)19-13-18-23(30-22-8-6-7-11-32(22)26(18)35)33(14-15(2)3)24(19)31-25(34)16(4)38-21-10-9-17(28)12-20(21)29/h6-13,15-16H,5,14H2,1-4H3. The third-order valence-corrected chi connectivity index (χ3v) is 6.12. The number of carbonyl (C=O) groups excluding carboxylic acids is 2. The Morgan fingerprint density at radius 3 is 2.55 bits per heavy atom. The van der Waals surface area contributed by atoms with E-state index in [4.69, 9.17) is 32.7 Å². The van der Waals surface area contributed by atoms with Crippen molar-refractivity contribution >= 4 is 51.8 Å². The van der Waals surface area contributed by atoms with Gasteiger partial charge in [0.1, 0.15) is 22.6 Å². The maximum Gasteiger partial charge on any atom is 0.341 e. The quantitative estimate of drug-likeness (QED) is 0.241. The highest BCUT2D eigenvalue weighted by Crippen LogP contribution is 2.28. The van der Waals surface area contributed by atoms with E-state index in [1.54, 1.807) is 48.0 Å². The third-order valence-electron chi connectivity index (χ3n) is 5.59. The molecule has 4 rings (SSSR count). The smallest absolute Gasteiger partial charge is 0.341 e. The summed E-state index contributed by atoms with van der Waals surface area (Å²) in [5, 5.41) is 0.856. The number of rotatable bonds is 7. The topological polar surface area (TPSA) is 104 Å². The fourth-order valence-corrected chi connectivity index (χ4v) is 4.36. The number of esters is 1. The van der Waals surface area contributed by atoms with Crippen molar-refractivity contribution in [1.82, 2.24) is 14.0 Å². The van der Waals surface area contributed by atoms with Crippen LogP contribution in [0.2, 0.25) is 10.0 Å². The fourth-order valence-electron chi connectivity index (χ4n) is 3.90. The van der Waals surface area contributed by atoms with Crippen LogP contribution in [0.1, 0.15) is 38.1 Å². The number of ether oxygens (including phenoxy) is 2. The van der Waals surface area contributed by atoms with E-state index in [0.717, 1.165) is 0 Å². The molecule has 11 heteroatoms. The number of fused-ring (bicyclic) bond motifs is 2. The Hall–Kier alpha value is -3.69. The molecule has 198 valence electrons. The summed E-state index contributed by atoms with van der Waals surface area (Å²) in [6.45, 7) is 7.53. The monoisotopic (exact) mass is 556 g/mol. The minimum Gasteiger partial charge on any atom is -0.479 e. The molecule has 0 aliphatic carbocycles. The van der Waals surface area contributed by atoms with Crippen LogP contribution in [-0.2, 0) is 16.1 Å². The molecule has 1 amide bonds. The van der Waals surface area contributed by atoms with Gasteiger partial charge in [-0.1, -0.05) is 43.1 Å². The number of hydrogen-bond acceptors (Lipinski definition) is 6. The summed E-state index contributed by atoms with van der Waals surface area (Å²) in [5.74, 6) is -1.07. The van der Waals surface area contributed by atoms with Gasteiger partial charge in [0, 0.05) is 17.8 Å². The summed E-state index contributed by atoms with van der Waals surface area (Å²) < 4.78 is 14.0. The highest BCUT2D eigenvalue weighted by molar-refractivity contribution is 6.35. The molecular formula is C27H26Cl2N4O5. The molecule has 1 unspecified atom stereocenters. The highest BCUT2D eigenvalue weighted by Gasteiger charge is 2.22. The van der Waals surface area contributed by atoms with E-state index in [0.29, 0.717) is 22.9 Å². The lowest BCUT2D eigenvalue weighted by molar-refractivity contribution is -0.124.